The zero-order valence-corrected chi connectivity index (χ0v) is 20.9. The van der Waals surface area contributed by atoms with Crippen LogP contribution >= 0.6 is 0 Å². The van der Waals surface area contributed by atoms with Crippen LogP contribution in [0.5, 0.6) is 0 Å². The van der Waals surface area contributed by atoms with Gasteiger partial charge in [0.25, 0.3) is 0 Å². The molecule has 0 heterocycles. The summed E-state index contributed by atoms with van der Waals surface area (Å²) in [5.74, 6) is 1.16. The molecule has 0 aliphatic carbocycles. The zero-order chi connectivity index (χ0) is 23.7. The van der Waals surface area contributed by atoms with Crippen LogP contribution < -0.4 is 0 Å². The summed E-state index contributed by atoms with van der Waals surface area (Å²) in [5.41, 5.74) is 7.54. The van der Waals surface area contributed by atoms with Crippen molar-refractivity contribution in [1.82, 2.24) is 0 Å². The van der Waals surface area contributed by atoms with Gasteiger partial charge in [0.1, 0.15) is 0 Å². The maximum absolute atomic E-state index is 4.05. The van der Waals surface area contributed by atoms with Crippen molar-refractivity contribution in [2.75, 3.05) is 0 Å². The van der Waals surface area contributed by atoms with Crippen molar-refractivity contribution in [3.05, 3.63) is 97.2 Å². The molecule has 0 aromatic heterocycles. The van der Waals surface area contributed by atoms with Gasteiger partial charge in [-0.1, -0.05) is 84.1 Å². The van der Waals surface area contributed by atoms with Gasteiger partial charge < -0.3 is 0 Å². The number of rotatable bonds is 14. The lowest BCUT2D eigenvalue weighted by atomic mass is 9.91. The van der Waals surface area contributed by atoms with E-state index in [0.717, 1.165) is 38.5 Å². The molecule has 0 N–H and O–H groups in total. The average molecular weight is 409 g/mol. The van der Waals surface area contributed by atoms with Crippen LogP contribution in [0, 0.1) is 11.8 Å². The van der Waals surface area contributed by atoms with E-state index in [1.54, 1.807) is 0 Å². The van der Waals surface area contributed by atoms with Crippen molar-refractivity contribution in [3.63, 3.8) is 0 Å². The summed E-state index contributed by atoms with van der Waals surface area (Å²) in [6, 6.07) is 0. The van der Waals surface area contributed by atoms with E-state index in [-0.39, 0.29) is 0 Å². The Kier molecular flexibility index (Phi) is 17.8. The Bertz CT molecular complexity index is 590. The highest BCUT2D eigenvalue weighted by Crippen LogP contribution is 2.23. The van der Waals surface area contributed by atoms with Gasteiger partial charge in [0.05, 0.1) is 0 Å². The summed E-state index contributed by atoms with van der Waals surface area (Å²) < 4.78 is 0. The molecular formula is C30H48. The summed E-state index contributed by atoms with van der Waals surface area (Å²) in [6.45, 7) is 36.0. The van der Waals surface area contributed by atoms with Crippen LogP contribution in [-0.4, -0.2) is 0 Å². The van der Waals surface area contributed by atoms with Crippen LogP contribution in [-0.2, 0) is 0 Å². The van der Waals surface area contributed by atoms with Crippen LogP contribution in [0.2, 0.25) is 0 Å². The van der Waals surface area contributed by atoms with Gasteiger partial charge in [-0.3, -0.25) is 0 Å². The normalized spacial score (nSPS) is 13.4. The van der Waals surface area contributed by atoms with E-state index in [1.807, 2.05) is 12.2 Å². The van der Waals surface area contributed by atoms with Gasteiger partial charge in [0, 0.05) is 0 Å². The second-order valence-electron chi connectivity index (χ2n) is 8.85. The van der Waals surface area contributed by atoms with Crippen LogP contribution in [0.3, 0.4) is 0 Å². The molecule has 0 aromatic rings. The lowest BCUT2D eigenvalue weighted by Gasteiger charge is -2.15. The second kappa shape index (κ2) is 17.8. The van der Waals surface area contributed by atoms with E-state index in [0.29, 0.717) is 11.8 Å². The van der Waals surface area contributed by atoms with Gasteiger partial charge in [-0.05, 0) is 91.9 Å². The molecule has 0 aliphatic rings. The van der Waals surface area contributed by atoms with E-state index >= 15 is 0 Å². The molecule has 168 valence electrons. The maximum Gasteiger partial charge on any atom is -0.0171 e. The monoisotopic (exact) mass is 408 g/mol. The average Bonchev–Trinajstić information content (AvgIpc) is 2.66. The molecule has 0 saturated carbocycles. The first kappa shape index (κ1) is 30.1. The maximum atomic E-state index is 4.05. The molecule has 0 radical (unpaired) electrons. The first-order valence-corrected chi connectivity index (χ1v) is 11.1. The highest BCUT2D eigenvalue weighted by Gasteiger charge is 2.08. The van der Waals surface area contributed by atoms with Crippen LogP contribution in [0.1, 0.15) is 80.1 Å². The number of allylic oxidation sites excluding steroid dienone is 10. The Hall–Kier alpha value is -2.08. The Morgan fingerprint density at radius 2 is 0.900 bits per heavy atom. The third-order valence-electron chi connectivity index (χ3n) is 5.33. The van der Waals surface area contributed by atoms with Crippen LogP contribution in [0.15, 0.2) is 97.2 Å². The minimum Gasteiger partial charge on any atom is -0.100 e. The lowest BCUT2D eigenvalue weighted by molar-refractivity contribution is 0.566. The summed E-state index contributed by atoms with van der Waals surface area (Å²) in [6.07, 6.45) is 14.9. The van der Waals surface area contributed by atoms with E-state index in [2.05, 4.69) is 93.2 Å². The topological polar surface area (TPSA) is 0 Å². The van der Waals surface area contributed by atoms with E-state index < -0.39 is 0 Å². The largest absolute Gasteiger partial charge is 0.100 e. The second-order valence-corrected chi connectivity index (χ2v) is 8.85. The SMILES string of the molecule is C=C/C(C)=C/C[C@@H](CCC(=C)C)C(=C)C.C=C/C(C)=C\C[C@@H](CCC(=C)C)C(=C)C. The van der Waals surface area contributed by atoms with Crippen molar-refractivity contribution in [2.45, 2.75) is 80.1 Å². The third kappa shape index (κ3) is 18.0. The molecule has 0 aliphatic heterocycles. The molecule has 0 heteroatoms. The summed E-state index contributed by atoms with van der Waals surface area (Å²) >= 11 is 0. The number of hydrogen-bond acceptors (Lipinski definition) is 0. The van der Waals surface area contributed by atoms with Gasteiger partial charge in [0.15, 0.2) is 0 Å². The summed E-state index contributed by atoms with van der Waals surface area (Å²) in [5, 5.41) is 0. The fourth-order valence-electron chi connectivity index (χ4n) is 2.80. The minimum absolute atomic E-state index is 0.580. The van der Waals surface area contributed by atoms with Crippen LogP contribution in [0.25, 0.3) is 0 Å². The molecule has 0 saturated heterocycles. The molecular weight excluding hydrogens is 360 g/mol. The summed E-state index contributed by atoms with van der Waals surface area (Å²) in [7, 11) is 0. The van der Waals surface area contributed by atoms with Crippen molar-refractivity contribution in [3.8, 4) is 0 Å². The Labute approximate surface area is 189 Å². The van der Waals surface area contributed by atoms with Gasteiger partial charge >= 0.3 is 0 Å². The molecule has 0 spiro atoms. The number of hydrogen-bond donors (Lipinski definition) is 0. The quantitative estimate of drug-likeness (QED) is 0.198. The Balaban J connectivity index is 0. The molecule has 0 rings (SSSR count). The molecule has 0 aromatic carbocycles. The highest BCUT2D eigenvalue weighted by molar-refractivity contribution is 5.15. The van der Waals surface area contributed by atoms with Crippen molar-refractivity contribution >= 4 is 0 Å². The third-order valence-corrected chi connectivity index (χ3v) is 5.33. The van der Waals surface area contributed by atoms with Crippen LogP contribution in [0.4, 0.5) is 0 Å². The highest BCUT2D eigenvalue weighted by atomic mass is 14.1. The van der Waals surface area contributed by atoms with E-state index in [1.165, 1.54) is 33.4 Å². The standard InChI is InChI=1S/2C15H24/c2*1-7-14(6)9-11-15(13(4)5)10-8-12(2)3/h2*7,9,15H,1-2,4,8,10-11H2,3,5-6H3/b14-9+;14-9-/t2*15-/m11/s1. The first-order valence-electron chi connectivity index (χ1n) is 11.1. The Morgan fingerprint density at radius 1 is 0.600 bits per heavy atom. The Morgan fingerprint density at radius 3 is 1.10 bits per heavy atom. The van der Waals surface area contributed by atoms with Crippen molar-refractivity contribution in [1.29, 1.82) is 0 Å². The van der Waals surface area contributed by atoms with Gasteiger partial charge in [0.2, 0.25) is 0 Å². The van der Waals surface area contributed by atoms with Crippen molar-refractivity contribution in [2.24, 2.45) is 11.8 Å². The molecule has 0 unspecified atom stereocenters. The molecule has 0 nitrogen and oxygen atoms in total. The molecule has 2 atom stereocenters. The smallest absolute Gasteiger partial charge is 0.0171 e. The first-order chi connectivity index (χ1) is 13.9. The molecule has 0 amide bonds. The zero-order valence-electron chi connectivity index (χ0n) is 20.9. The van der Waals surface area contributed by atoms with E-state index in [4.69, 9.17) is 0 Å². The minimum atomic E-state index is 0.580. The van der Waals surface area contributed by atoms with E-state index in [9.17, 15) is 0 Å². The van der Waals surface area contributed by atoms with Gasteiger partial charge in [-0.25, -0.2) is 0 Å². The fraction of sp³-hybridized carbons (Fsp3) is 0.467. The predicted molar refractivity (Wildman–Crippen MR) is 142 cm³/mol. The van der Waals surface area contributed by atoms with Gasteiger partial charge in [-0.15, -0.1) is 13.2 Å². The molecule has 30 heavy (non-hydrogen) atoms. The van der Waals surface area contributed by atoms with Gasteiger partial charge in [-0.2, -0.15) is 0 Å². The molecule has 0 fully saturated rings. The van der Waals surface area contributed by atoms with Crippen molar-refractivity contribution < 1.29 is 0 Å². The molecule has 0 bridgehead atoms. The summed E-state index contributed by atoms with van der Waals surface area (Å²) in [4.78, 5) is 0. The predicted octanol–water partition coefficient (Wildman–Crippen LogP) is 10.1. The fourth-order valence-corrected chi connectivity index (χ4v) is 2.80. The lowest BCUT2D eigenvalue weighted by Crippen LogP contribution is -2.00.